The minimum Gasteiger partial charge on any atom is -0.354 e. The maximum absolute atomic E-state index is 11.8. The van der Waals surface area contributed by atoms with Crippen molar-refractivity contribution in [3.8, 4) is 0 Å². The van der Waals surface area contributed by atoms with E-state index in [4.69, 9.17) is 0 Å². The quantitative estimate of drug-likeness (QED) is 0.903. The van der Waals surface area contributed by atoms with E-state index in [-0.39, 0.29) is 11.3 Å². The van der Waals surface area contributed by atoms with Crippen molar-refractivity contribution < 1.29 is 4.79 Å². The zero-order valence-corrected chi connectivity index (χ0v) is 14.1. The molecular formula is C18H29N3O. The summed E-state index contributed by atoms with van der Waals surface area (Å²) in [4.78, 5) is 16.8. The smallest absolute Gasteiger partial charge is 0.225 e. The Balaban J connectivity index is 1.64. The second-order valence-electron chi connectivity index (χ2n) is 7.11. The van der Waals surface area contributed by atoms with E-state index in [1.165, 1.54) is 5.56 Å². The number of nitrogens with zero attached hydrogens (tertiary/aromatic N) is 2. The summed E-state index contributed by atoms with van der Waals surface area (Å²) in [5.41, 5.74) is 1.09. The van der Waals surface area contributed by atoms with Crippen molar-refractivity contribution in [2.24, 2.45) is 5.41 Å². The van der Waals surface area contributed by atoms with Crippen LogP contribution in [0.1, 0.15) is 26.3 Å². The van der Waals surface area contributed by atoms with Crippen molar-refractivity contribution in [3.63, 3.8) is 0 Å². The molecule has 1 saturated heterocycles. The van der Waals surface area contributed by atoms with Crippen molar-refractivity contribution in [2.75, 3.05) is 39.3 Å². The van der Waals surface area contributed by atoms with Gasteiger partial charge in [-0.05, 0) is 5.56 Å². The molecule has 1 N–H and O–H groups in total. The second-order valence-corrected chi connectivity index (χ2v) is 7.11. The first kappa shape index (κ1) is 17.0. The molecule has 1 aromatic carbocycles. The molecule has 0 aromatic heterocycles. The van der Waals surface area contributed by atoms with E-state index in [2.05, 4.69) is 45.4 Å². The number of nitrogens with one attached hydrogen (secondary N) is 1. The highest BCUT2D eigenvalue weighted by Crippen LogP contribution is 2.12. The van der Waals surface area contributed by atoms with Gasteiger partial charge in [0.1, 0.15) is 0 Å². The average Bonchev–Trinajstić information content (AvgIpc) is 2.49. The van der Waals surface area contributed by atoms with E-state index in [0.717, 1.165) is 45.8 Å². The summed E-state index contributed by atoms with van der Waals surface area (Å²) in [6, 6.07) is 10.6. The molecule has 2 rings (SSSR count). The minimum atomic E-state index is -0.297. The Hall–Kier alpha value is -1.39. The highest BCUT2D eigenvalue weighted by molar-refractivity contribution is 5.81. The normalized spacial score (nSPS) is 17.4. The molecule has 4 heteroatoms. The average molecular weight is 303 g/mol. The zero-order valence-electron chi connectivity index (χ0n) is 14.1. The molecule has 1 heterocycles. The van der Waals surface area contributed by atoms with Crippen LogP contribution in [-0.2, 0) is 11.3 Å². The molecule has 0 atom stereocenters. The maximum atomic E-state index is 11.8. The van der Waals surface area contributed by atoms with Crippen LogP contribution in [-0.4, -0.2) is 55.0 Å². The number of hydrogen-bond acceptors (Lipinski definition) is 3. The van der Waals surface area contributed by atoms with Gasteiger partial charge in [-0.1, -0.05) is 51.1 Å². The monoisotopic (exact) mass is 303 g/mol. The standard InChI is InChI=1S/C18H29N3O/c1-18(2,3)17(22)19-9-10-20-11-13-21(14-12-20)15-16-7-5-4-6-8-16/h4-8H,9-15H2,1-3H3,(H,19,22). The Bertz CT molecular complexity index is 459. The Kier molecular flexibility index (Phi) is 5.98. The molecule has 0 spiro atoms. The first-order valence-electron chi connectivity index (χ1n) is 8.22. The first-order chi connectivity index (χ1) is 10.4. The summed E-state index contributed by atoms with van der Waals surface area (Å²) in [5, 5.41) is 3.03. The van der Waals surface area contributed by atoms with E-state index in [9.17, 15) is 4.79 Å². The molecule has 1 aliphatic heterocycles. The lowest BCUT2D eigenvalue weighted by Crippen LogP contribution is -2.48. The predicted octanol–water partition coefficient (Wildman–Crippen LogP) is 1.97. The molecule has 0 bridgehead atoms. The summed E-state index contributed by atoms with van der Waals surface area (Å²) in [6.45, 7) is 12.9. The Morgan fingerprint density at radius 3 is 2.23 bits per heavy atom. The van der Waals surface area contributed by atoms with Gasteiger partial charge in [-0.15, -0.1) is 0 Å². The topological polar surface area (TPSA) is 35.6 Å². The summed E-state index contributed by atoms with van der Waals surface area (Å²) >= 11 is 0. The van der Waals surface area contributed by atoms with E-state index in [0.29, 0.717) is 0 Å². The van der Waals surface area contributed by atoms with Gasteiger partial charge in [0.2, 0.25) is 5.91 Å². The molecule has 0 unspecified atom stereocenters. The number of hydrogen-bond donors (Lipinski definition) is 1. The van der Waals surface area contributed by atoms with E-state index in [1.54, 1.807) is 0 Å². The predicted molar refractivity (Wildman–Crippen MR) is 90.6 cm³/mol. The Labute approximate surface area is 134 Å². The van der Waals surface area contributed by atoms with Gasteiger partial charge in [-0.25, -0.2) is 0 Å². The number of rotatable bonds is 5. The maximum Gasteiger partial charge on any atom is 0.225 e. The molecule has 1 aliphatic rings. The molecule has 1 aromatic rings. The first-order valence-corrected chi connectivity index (χ1v) is 8.22. The van der Waals surface area contributed by atoms with Gasteiger partial charge >= 0.3 is 0 Å². The van der Waals surface area contributed by atoms with Crippen LogP contribution < -0.4 is 5.32 Å². The summed E-state index contributed by atoms with van der Waals surface area (Å²) < 4.78 is 0. The van der Waals surface area contributed by atoms with Gasteiger partial charge in [0.25, 0.3) is 0 Å². The minimum absolute atomic E-state index is 0.134. The second kappa shape index (κ2) is 7.75. The van der Waals surface area contributed by atoms with Crippen molar-refractivity contribution in [1.29, 1.82) is 0 Å². The fraction of sp³-hybridized carbons (Fsp3) is 0.611. The number of amides is 1. The Morgan fingerprint density at radius 1 is 1.05 bits per heavy atom. The van der Waals surface area contributed by atoms with Gasteiger partial charge in [-0.2, -0.15) is 0 Å². The molecule has 0 aliphatic carbocycles. The van der Waals surface area contributed by atoms with Gasteiger partial charge in [0.05, 0.1) is 0 Å². The van der Waals surface area contributed by atoms with E-state index in [1.807, 2.05) is 20.8 Å². The van der Waals surface area contributed by atoms with Crippen LogP contribution in [0.2, 0.25) is 0 Å². The van der Waals surface area contributed by atoms with Crippen molar-refractivity contribution in [3.05, 3.63) is 35.9 Å². The van der Waals surface area contributed by atoms with Crippen LogP contribution in [0.3, 0.4) is 0 Å². The third-order valence-corrected chi connectivity index (χ3v) is 4.11. The lowest BCUT2D eigenvalue weighted by molar-refractivity contribution is -0.128. The third kappa shape index (κ3) is 5.43. The van der Waals surface area contributed by atoms with Gasteiger partial charge in [0.15, 0.2) is 0 Å². The molecule has 0 radical (unpaired) electrons. The van der Waals surface area contributed by atoms with Gasteiger partial charge in [-0.3, -0.25) is 14.6 Å². The van der Waals surface area contributed by atoms with E-state index >= 15 is 0 Å². The molecule has 122 valence electrons. The number of carbonyl (C=O) groups is 1. The summed E-state index contributed by atoms with van der Waals surface area (Å²) in [7, 11) is 0. The number of piperazine rings is 1. The Morgan fingerprint density at radius 2 is 1.64 bits per heavy atom. The molecule has 0 saturated carbocycles. The van der Waals surface area contributed by atoms with Gasteiger partial charge < -0.3 is 5.32 Å². The fourth-order valence-electron chi connectivity index (χ4n) is 2.61. The lowest BCUT2D eigenvalue weighted by atomic mass is 9.96. The SMILES string of the molecule is CC(C)(C)C(=O)NCCN1CCN(Cc2ccccc2)CC1. The third-order valence-electron chi connectivity index (χ3n) is 4.11. The van der Waals surface area contributed by atoms with E-state index < -0.39 is 0 Å². The van der Waals surface area contributed by atoms with Gasteiger partial charge in [0, 0.05) is 51.2 Å². The molecular weight excluding hydrogens is 274 g/mol. The number of carbonyl (C=O) groups excluding carboxylic acids is 1. The van der Waals surface area contributed by atoms with Crippen molar-refractivity contribution in [1.82, 2.24) is 15.1 Å². The molecule has 1 amide bonds. The number of benzene rings is 1. The fourth-order valence-corrected chi connectivity index (χ4v) is 2.61. The highest BCUT2D eigenvalue weighted by Gasteiger charge is 2.21. The van der Waals surface area contributed by atoms with Crippen LogP contribution >= 0.6 is 0 Å². The van der Waals surface area contributed by atoms with Crippen LogP contribution in [0.25, 0.3) is 0 Å². The lowest BCUT2D eigenvalue weighted by Gasteiger charge is -2.34. The van der Waals surface area contributed by atoms with Crippen LogP contribution in [0.4, 0.5) is 0 Å². The molecule has 4 nitrogen and oxygen atoms in total. The van der Waals surface area contributed by atoms with Crippen LogP contribution in [0.15, 0.2) is 30.3 Å². The largest absolute Gasteiger partial charge is 0.354 e. The van der Waals surface area contributed by atoms with Crippen LogP contribution in [0.5, 0.6) is 0 Å². The van der Waals surface area contributed by atoms with Crippen molar-refractivity contribution in [2.45, 2.75) is 27.3 Å². The summed E-state index contributed by atoms with van der Waals surface area (Å²) in [5.74, 6) is 0.134. The molecule has 22 heavy (non-hydrogen) atoms. The molecule has 1 fully saturated rings. The van der Waals surface area contributed by atoms with Crippen molar-refractivity contribution >= 4 is 5.91 Å². The highest BCUT2D eigenvalue weighted by atomic mass is 16.2. The zero-order chi connectivity index (χ0) is 16.0. The summed E-state index contributed by atoms with van der Waals surface area (Å²) in [6.07, 6.45) is 0. The van der Waals surface area contributed by atoms with Crippen LogP contribution in [0, 0.1) is 5.41 Å².